The summed E-state index contributed by atoms with van der Waals surface area (Å²) < 4.78 is 5.79. The number of rotatable bonds is 3. The van der Waals surface area contributed by atoms with Crippen LogP contribution in [-0.2, 0) is 0 Å². The number of aromatic nitrogens is 1. The Labute approximate surface area is 107 Å². The topological polar surface area (TPSA) is 34.1 Å². The molecule has 1 aliphatic heterocycles. The van der Waals surface area contributed by atoms with Crippen molar-refractivity contribution in [3.8, 4) is 17.0 Å². The summed E-state index contributed by atoms with van der Waals surface area (Å²) in [5.41, 5.74) is 2.30. The molecule has 1 fully saturated rings. The highest BCUT2D eigenvalue weighted by Crippen LogP contribution is 2.20. The molecule has 0 amide bonds. The van der Waals surface area contributed by atoms with Gasteiger partial charge in [0.25, 0.3) is 0 Å². The second-order valence-corrected chi connectivity index (χ2v) is 4.48. The largest absolute Gasteiger partial charge is 0.473 e. The average Bonchev–Trinajstić information content (AvgIpc) is 2.94. The highest BCUT2D eigenvalue weighted by atomic mass is 16.5. The van der Waals surface area contributed by atoms with Crippen LogP contribution in [0.3, 0.4) is 0 Å². The van der Waals surface area contributed by atoms with Crippen molar-refractivity contribution < 1.29 is 4.74 Å². The Balaban J connectivity index is 1.72. The van der Waals surface area contributed by atoms with E-state index in [1.54, 1.807) is 0 Å². The monoisotopic (exact) mass is 240 g/mol. The van der Waals surface area contributed by atoms with Crippen molar-refractivity contribution in [2.75, 3.05) is 13.1 Å². The van der Waals surface area contributed by atoms with Gasteiger partial charge in [0.2, 0.25) is 5.88 Å². The van der Waals surface area contributed by atoms with E-state index in [4.69, 9.17) is 4.74 Å². The summed E-state index contributed by atoms with van der Waals surface area (Å²) in [6, 6.07) is 14.2. The summed E-state index contributed by atoms with van der Waals surface area (Å²) in [5, 5.41) is 3.28. The number of nitrogens with one attached hydrogen (secondary N) is 1. The van der Waals surface area contributed by atoms with Gasteiger partial charge in [0.1, 0.15) is 6.10 Å². The minimum atomic E-state index is 0.264. The second-order valence-electron chi connectivity index (χ2n) is 4.48. The Morgan fingerprint density at radius 1 is 1.06 bits per heavy atom. The van der Waals surface area contributed by atoms with Gasteiger partial charge in [0.15, 0.2) is 0 Å². The van der Waals surface area contributed by atoms with Gasteiger partial charge in [-0.1, -0.05) is 30.3 Å². The molecule has 3 rings (SSSR count). The van der Waals surface area contributed by atoms with Crippen LogP contribution in [0.25, 0.3) is 11.1 Å². The zero-order valence-electron chi connectivity index (χ0n) is 10.2. The van der Waals surface area contributed by atoms with Crippen LogP contribution in [0.2, 0.25) is 0 Å². The van der Waals surface area contributed by atoms with E-state index in [1.165, 1.54) is 5.56 Å². The van der Waals surface area contributed by atoms with Crippen molar-refractivity contribution in [1.29, 1.82) is 0 Å². The molecule has 3 nitrogen and oxygen atoms in total. The van der Waals surface area contributed by atoms with Gasteiger partial charge < -0.3 is 10.1 Å². The number of pyridine rings is 1. The molecule has 1 atom stereocenters. The smallest absolute Gasteiger partial charge is 0.213 e. The molecule has 1 aliphatic rings. The molecular formula is C15H16N2O. The quantitative estimate of drug-likeness (QED) is 0.895. The Morgan fingerprint density at radius 3 is 2.61 bits per heavy atom. The Morgan fingerprint density at radius 2 is 1.94 bits per heavy atom. The minimum Gasteiger partial charge on any atom is -0.473 e. The van der Waals surface area contributed by atoms with Gasteiger partial charge in [-0.3, -0.25) is 0 Å². The molecule has 0 unspecified atom stereocenters. The lowest BCUT2D eigenvalue weighted by Gasteiger charge is -2.11. The summed E-state index contributed by atoms with van der Waals surface area (Å²) in [6.07, 6.45) is 3.19. The van der Waals surface area contributed by atoms with Crippen molar-refractivity contribution >= 4 is 0 Å². The predicted octanol–water partition coefficient (Wildman–Crippen LogP) is 2.49. The molecule has 0 spiro atoms. The van der Waals surface area contributed by atoms with Crippen LogP contribution in [0.1, 0.15) is 6.42 Å². The maximum absolute atomic E-state index is 5.79. The van der Waals surface area contributed by atoms with Crippen molar-refractivity contribution in [3.05, 3.63) is 48.7 Å². The zero-order valence-corrected chi connectivity index (χ0v) is 10.2. The van der Waals surface area contributed by atoms with E-state index in [9.17, 15) is 0 Å². The van der Waals surface area contributed by atoms with Crippen LogP contribution < -0.4 is 10.1 Å². The molecule has 0 bridgehead atoms. The fraction of sp³-hybridized carbons (Fsp3) is 0.267. The molecule has 1 aromatic heterocycles. The summed E-state index contributed by atoms with van der Waals surface area (Å²) in [5.74, 6) is 0.711. The van der Waals surface area contributed by atoms with Crippen molar-refractivity contribution in [1.82, 2.24) is 10.3 Å². The second kappa shape index (κ2) is 5.19. The molecule has 0 saturated carbocycles. The van der Waals surface area contributed by atoms with E-state index < -0.39 is 0 Å². The van der Waals surface area contributed by atoms with E-state index in [1.807, 2.05) is 30.5 Å². The van der Waals surface area contributed by atoms with Crippen LogP contribution in [0.5, 0.6) is 5.88 Å². The third kappa shape index (κ3) is 2.51. The summed E-state index contributed by atoms with van der Waals surface area (Å²) >= 11 is 0. The molecule has 92 valence electrons. The van der Waals surface area contributed by atoms with Gasteiger partial charge >= 0.3 is 0 Å². The molecule has 1 N–H and O–H groups in total. The minimum absolute atomic E-state index is 0.264. The molecule has 2 heterocycles. The summed E-state index contributed by atoms with van der Waals surface area (Å²) in [6.45, 7) is 1.95. The predicted molar refractivity (Wildman–Crippen MR) is 71.6 cm³/mol. The van der Waals surface area contributed by atoms with Gasteiger partial charge in [-0.25, -0.2) is 4.98 Å². The SMILES string of the molecule is c1ccc(-c2ccc(O[C@H]3CCNC3)nc2)cc1. The zero-order chi connectivity index (χ0) is 12.2. The highest BCUT2D eigenvalue weighted by molar-refractivity contribution is 5.62. The third-order valence-electron chi connectivity index (χ3n) is 3.15. The fourth-order valence-electron chi connectivity index (χ4n) is 2.15. The molecule has 0 aliphatic carbocycles. The molecular weight excluding hydrogens is 224 g/mol. The lowest BCUT2D eigenvalue weighted by Crippen LogP contribution is -2.19. The van der Waals surface area contributed by atoms with Gasteiger partial charge in [-0.15, -0.1) is 0 Å². The maximum Gasteiger partial charge on any atom is 0.213 e. The number of ether oxygens (including phenoxy) is 1. The molecule has 1 saturated heterocycles. The first kappa shape index (κ1) is 11.2. The number of benzene rings is 1. The lowest BCUT2D eigenvalue weighted by atomic mass is 10.1. The van der Waals surface area contributed by atoms with Crippen LogP contribution in [0.15, 0.2) is 48.7 Å². The van der Waals surface area contributed by atoms with Gasteiger partial charge in [-0.05, 0) is 24.6 Å². The number of hydrogen-bond acceptors (Lipinski definition) is 3. The Bertz CT molecular complexity index is 490. The molecule has 2 aromatic rings. The number of hydrogen-bond donors (Lipinski definition) is 1. The molecule has 1 aromatic carbocycles. The third-order valence-corrected chi connectivity index (χ3v) is 3.15. The Kier molecular flexibility index (Phi) is 3.24. The normalized spacial score (nSPS) is 18.8. The van der Waals surface area contributed by atoms with Crippen LogP contribution in [0.4, 0.5) is 0 Å². The average molecular weight is 240 g/mol. The van der Waals surface area contributed by atoms with Crippen molar-refractivity contribution in [2.45, 2.75) is 12.5 Å². The highest BCUT2D eigenvalue weighted by Gasteiger charge is 2.16. The number of nitrogens with zero attached hydrogens (tertiary/aromatic N) is 1. The molecule has 18 heavy (non-hydrogen) atoms. The Hall–Kier alpha value is -1.87. The van der Waals surface area contributed by atoms with E-state index in [-0.39, 0.29) is 6.10 Å². The molecule has 0 radical (unpaired) electrons. The van der Waals surface area contributed by atoms with Gasteiger partial charge in [0, 0.05) is 24.4 Å². The van der Waals surface area contributed by atoms with E-state index >= 15 is 0 Å². The maximum atomic E-state index is 5.79. The first-order valence-electron chi connectivity index (χ1n) is 6.31. The summed E-state index contributed by atoms with van der Waals surface area (Å²) in [4.78, 5) is 4.37. The van der Waals surface area contributed by atoms with Gasteiger partial charge in [-0.2, -0.15) is 0 Å². The van der Waals surface area contributed by atoms with E-state index in [2.05, 4.69) is 28.5 Å². The van der Waals surface area contributed by atoms with Crippen LogP contribution in [-0.4, -0.2) is 24.2 Å². The standard InChI is InChI=1S/C15H16N2O/c1-2-4-12(5-3-1)13-6-7-15(17-10-13)18-14-8-9-16-11-14/h1-7,10,14,16H,8-9,11H2/t14-/m0/s1. The van der Waals surface area contributed by atoms with Crippen molar-refractivity contribution in [3.63, 3.8) is 0 Å². The van der Waals surface area contributed by atoms with Crippen molar-refractivity contribution in [2.24, 2.45) is 0 Å². The first-order valence-corrected chi connectivity index (χ1v) is 6.31. The van der Waals surface area contributed by atoms with Crippen LogP contribution in [0, 0.1) is 0 Å². The lowest BCUT2D eigenvalue weighted by molar-refractivity contribution is 0.214. The van der Waals surface area contributed by atoms with Crippen LogP contribution >= 0.6 is 0 Å². The van der Waals surface area contributed by atoms with E-state index in [0.717, 1.165) is 25.1 Å². The van der Waals surface area contributed by atoms with Gasteiger partial charge in [0.05, 0.1) is 0 Å². The first-order chi connectivity index (χ1) is 8.92. The van der Waals surface area contributed by atoms with E-state index in [0.29, 0.717) is 5.88 Å². The molecule has 3 heteroatoms. The summed E-state index contributed by atoms with van der Waals surface area (Å²) in [7, 11) is 0. The fourth-order valence-corrected chi connectivity index (χ4v) is 2.15.